The van der Waals surface area contributed by atoms with Crippen LogP contribution in [0.25, 0.3) is 0 Å². The summed E-state index contributed by atoms with van der Waals surface area (Å²) >= 11 is 0. The molecule has 0 aliphatic carbocycles. The summed E-state index contributed by atoms with van der Waals surface area (Å²) in [6.07, 6.45) is 3.52. The van der Waals surface area contributed by atoms with Crippen LogP contribution in [0, 0.1) is 5.92 Å². The Morgan fingerprint density at radius 1 is 1.27 bits per heavy atom. The molecule has 5 nitrogen and oxygen atoms in total. The third kappa shape index (κ3) is 20.1. The Balaban J connectivity index is -0.000000249. The van der Waals surface area contributed by atoms with Crippen LogP contribution >= 0.6 is 0 Å². The van der Waals surface area contributed by atoms with Gasteiger partial charge < -0.3 is 25.0 Å². The van der Waals surface area contributed by atoms with Crippen LogP contribution in [-0.2, 0) is 21.9 Å². The minimum atomic E-state index is -2.92. The van der Waals surface area contributed by atoms with E-state index in [0.717, 1.165) is 19.3 Å². The van der Waals surface area contributed by atoms with Gasteiger partial charge in [0.25, 0.3) is 0 Å². The molecule has 0 saturated carbocycles. The van der Waals surface area contributed by atoms with Crippen LogP contribution in [0.5, 0.6) is 0 Å². The van der Waals surface area contributed by atoms with Gasteiger partial charge in [-0.15, -0.1) is 0 Å². The monoisotopic (exact) mass is 265 g/mol. The number of hydrogen-bond donors (Lipinski definition) is 0. The fourth-order valence-electron chi connectivity index (χ4n) is 0.939. The van der Waals surface area contributed by atoms with Crippen LogP contribution in [-0.4, -0.2) is 13.3 Å². The molecule has 0 aliphatic heterocycles. The molecule has 0 amide bonds. The Bertz CT molecular complexity index is 142. The summed E-state index contributed by atoms with van der Waals surface area (Å²) in [5.74, 6) is -1.11. The molecule has 0 saturated heterocycles. The second-order valence-electron chi connectivity index (χ2n) is 2.86. The van der Waals surface area contributed by atoms with E-state index in [9.17, 15) is 9.90 Å². The van der Waals surface area contributed by atoms with Gasteiger partial charge in [-0.05, 0) is 18.8 Å². The molecule has 7 heteroatoms. The van der Waals surface area contributed by atoms with Gasteiger partial charge in [-0.3, -0.25) is 7.32 Å². The Morgan fingerprint density at radius 3 is 1.87 bits per heavy atom. The van der Waals surface area contributed by atoms with Crippen molar-refractivity contribution in [2.24, 2.45) is 5.92 Å². The molecule has 0 aromatic heterocycles. The molecule has 0 bridgehead atoms. The predicted molar refractivity (Wildman–Crippen MR) is 44.1 cm³/mol. The maximum absolute atomic E-state index is 10.3. The molecule has 1 radical (unpaired) electrons. The van der Waals surface area contributed by atoms with E-state index in [0.29, 0.717) is 6.42 Å². The van der Waals surface area contributed by atoms with Crippen molar-refractivity contribution in [3.8, 4) is 0 Å². The van der Waals surface area contributed by atoms with E-state index in [1.807, 2.05) is 6.92 Å². The number of carbonyl (C=O) groups excluding carboxylic acids is 1. The van der Waals surface area contributed by atoms with Crippen LogP contribution in [0.2, 0.25) is 0 Å². The Morgan fingerprint density at radius 2 is 1.67 bits per heavy atom. The Labute approximate surface area is 101 Å². The fraction of sp³-hybridized carbons (Fsp3) is 0.875. The number of carboxylic acids is 1. The number of carbonyl (C=O) groups is 1. The van der Waals surface area contributed by atoms with Crippen LogP contribution in [0.15, 0.2) is 0 Å². The molecule has 1 unspecified atom stereocenters. The van der Waals surface area contributed by atoms with E-state index in [4.69, 9.17) is 15.1 Å². The molecule has 95 valence electrons. The van der Waals surface area contributed by atoms with Crippen molar-refractivity contribution in [3.05, 3.63) is 0 Å². The van der Waals surface area contributed by atoms with Gasteiger partial charge in [0, 0.05) is 23.0 Å². The van der Waals surface area contributed by atoms with Gasteiger partial charge in [0.2, 0.25) is 0 Å². The number of carboxylic acid groups (broad SMARTS) is 1. The fourth-order valence-corrected chi connectivity index (χ4v) is 0.939. The van der Waals surface area contributed by atoms with Crippen molar-refractivity contribution in [1.29, 1.82) is 0 Å². The van der Waals surface area contributed by atoms with Gasteiger partial charge in [-0.2, -0.15) is 0 Å². The van der Waals surface area contributed by atoms with E-state index in [2.05, 4.69) is 6.92 Å². The number of aliphatic carboxylic acids is 1. The van der Waals surface area contributed by atoms with E-state index < -0.39 is 13.3 Å². The Hall–Kier alpha value is -0.0656. The van der Waals surface area contributed by atoms with Crippen molar-refractivity contribution in [2.75, 3.05) is 0 Å². The largest absolute Gasteiger partial charge is 0.907 e. The third-order valence-corrected chi connectivity index (χ3v) is 1.73. The van der Waals surface area contributed by atoms with Gasteiger partial charge in [-0.25, -0.2) is 0 Å². The number of hydrogen-bond acceptors (Lipinski definition) is 5. The summed E-state index contributed by atoms with van der Waals surface area (Å²) in [6, 6.07) is 0. The molecule has 0 aromatic carbocycles. The molecule has 0 spiro atoms. The second-order valence-corrected chi connectivity index (χ2v) is 2.86. The zero-order valence-electron chi connectivity index (χ0n) is 8.83. The molecule has 0 aromatic rings. The van der Waals surface area contributed by atoms with Gasteiger partial charge in [0.05, 0.1) is 0 Å². The van der Waals surface area contributed by atoms with Crippen LogP contribution in [0.3, 0.4) is 0 Å². The summed E-state index contributed by atoms with van der Waals surface area (Å²) in [4.78, 5) is 10.3. The van der Waals surface area contributed by atoms with Gasteiger partial charge in [0.15, 0.2) is 0 Å². The van der Waals surface area contributed by atoms with Crippen molar-refractivity contribution in [3.63, 3.8) is 0 Å². The molecule has 0 aliphatic rings. The van der Waals surface area contributed by atoms with Crippen LogP contribution in [0.4, 0.5) is 0 Å². The van der Waals surface area contributed by atoms with Crippen molar-refractivity contribution < 1.29 is 42.0 Å². The smallest absolute Gasteiger partial charge is 0.0445 e. The average molecular weight is 266 g/mol. The van der Waals surface area contributed by atoms with Crippen molar-refractivity contribution >= 4 is 13.3 Å². The summed E-state index contributed by atoms with van der Waals surface area (Å²) in [7, 11) is -2.92. The molecule has 0 N–H and O–H groups in total. The molecular formula is C8H15BCuO5-4. The number of unbranched alkanes of at least 4 members (excludes halogenated alkanes) is 1. The average Bonchev–Trinajstić information content (AvgIpc) is 2.04. The topological polar surface area (TPSA) is 109 Å². The van der Waals surface area contributed by atoms with Crippen LogP contribution in [0.1, 0.15) is 39.5 Å². The number of rotatable bonds is 5. The standard InChI is InChI=1S/C8H16O2.BO3.Cu/c1-3-5-6-7(4-2)8(9)10;2-1(3)4;/h7H,3-6H2,1-2H3,(H,9,10);;/q;-3;/p-1. The van der Waals surface area contributed by atoms with E-state index in [1.54, 1.807) is 0 Å². The summed E-state index contributed by atoms with van der Waals surface area (Å²) in [6.45, 7) is 3.94. The van der Waals surface area contributed by atoms with E-state index in [1.165, 1.54) is 0 Å². The Kier molecular flexibility index (Phi) is 18.9. The minimum absolute atomic E-state index is 0. The first-order chi connectivity index (χ1) is 6.45. The van der Waals surface area contributed by atoms with Gasteiger partial charge in [0.1, 0.15) is 0 Å². The predicted octanol–water partition coefficient (Wildman–Crippen LogP) is -3.00. The molecule has 0 heterocycles. The molecule has 1 atom stereocenters. The van der Waals surface area contributed by atoms with Crippen molar-refractivity contribution in [2.45, 2.75) is 39.5 Å². The summed E-state index contributed by atoms with van der Waals surface area (Å²) < 4.78 is 0. The first-order valence-corrected chi connectivity index (χ1v) is 4.63. The van der Waals surface area contributed by atoms with Crippen LogP contribution < -0.4 is 20.2 Å². The second kappa shape index (κ2) is 13.9. The first kappa shape index (κ1) is 20.4. The minimum Gasteiger partial charge on any atom is -0.907 e. The van der Waals surface area contributed by atoms with Gasteiger partial charge in [-0.1, -0.05) is 26.7 Å². The van der Waals surface area contributed by atoms with Gasteiger partial charge >= 0.3 is 0 Å². The third-order valence-electron chi connectivity index (χ3n) is 1.73. The maximum atomic E-state index is 10.3. The molecule has 0 rings (SSSR count). The first-order valence-electron chi connectivity index (χ1n) is 4.63. The van der Waals surface area contributed by atoms with E-state index in [-0.39, 0.29) is 23.0 Å². The zero-order valence-corrected chi connectivity index (χ0v) is 9.77. The maximum Gasteiger partial charge on any atom is 0.0445 e. The van der Waals surface area contributed by atoms with Crippen molar-refractivity contribution in [1.82, 2.24) is 0 Å². The normalized spacial score (nSPS) is 10.5. The summed E-state index contributed by atoms with van der Waals surface area (Å²) in [5, 5.41) is 35.6. The summed E-state index contributed by atoms with van der Waals surface area (Å²) in [5.41, 5.74) is 0. The zero-order chi connectivity index (χ0) is 11.6. The quantitative estimate of drug-likeness (QED) is 0.492. The molecular weight excluding hydrogens is 250 g/mol. The SMILES string of the molecule is CCCCC(CC)C(=O)[O-].[Cu].[O-]B([O-])[O-]. The van der Waals surface area contributed by atoms with E-state index >= 15 is 0 Å². The molecule has 0 fully saturated rings. The molecule has 15 heavy (non-hydrogen) atoms.